The van der Waals surface area contributed by atoms with Crippen molar-refractivity contribution in [3.8, 4) is 6.01 Å². The number of hydrogen-bond acceptors (Lipinski definition) is 4. The van der Waals surface area contributed by atoms with Gasteiger partial charge < -0.3 is 10.5 Å². The number of ether oxygens (including phenoxy) is 1. The number of unbranched alkanes of at least 4 members (excludes halogenated alkanes) is 5. The number of nitrogens with two attached hydrogens (primary N) is 1. The Labute approximate surface area is 136 Å². The lowest BCUT2D eigenvalue weighted by molar-refractivity contribution is -0.113. The number of halogens is 1. The van der Waals surface area contributed by atoms with Crippen LogP contribution in [0, 0.1) is 0 Å². The number of amides is 1. The summed E-state index contributed by atoms with van der Waals surface area (Å²) in [6.07, 6.45) is 15.1. The van der Waals surface area contributed by atoms with Crippen molar-refractivity contribution in [2.45, 2.75) is 38.5 Å². The number of aromatic nitrogens is 2. The van der Waals surface area contributed by atoms with Gasteiger partial charge in [-0.3, -0.25) is 4.79 Å². The van der Waals surface area contributed by atoms with Crippen LogP contribution in [-0.2, 0) is 4.79 Å². The summed E-state index contributed by atoms with van der Waals surface area (Å²) in [7, 11) is 0. The van der Waals surface area contributed by atoms with Crippen molar-refractivity contribution >= 4 is 17.5 Å². The molecular formula is C16H22ClN3O2. The number of primary amides is 1. The topological polar surface area (TPSA) is 78.1 Å². The van der Waals surface area contributed by atoms with E-state index < -0.39 is 5.91 Å². The molecule has 0 aliphatic heterocycles. The highest BCUT2D eigenvalue weighted by Gasteiger charge is 1.98. The Bertz CT molecular complexity index is 504. The predicted octanol–water partition coefficient (Wildman–Crippen LogP) is 3.45. The second-order valence-corrected chi connectivity index (χ2v) is 5.14. The molecule has 22 heavy (non-hydrogen) atoms. The zero-order valence-corrected chi connectivity index (χ0v) is 13.3. The number of nitrogens with zero attached hydrogens (tertiary/aromatic N) is 2. The molecule has 0 saturated carbocycles. The molecule has 0 atom stereocenters. The number of carbonyl (C=O) groups is 1. The average Bonchev–Trinajstić information content (AvgIpc) is 2.48. The van der Waals surface area contributed by atoms with Gasteiger partial charge in [-0.1, -0.05) is 49.1 Å². The molecule has 0 spiro atoms. The van der Waals surface area contributed by atoms with Crippen LogP contribution in [0.2, 0.25) is 5.15 Å². The first-order valence-corrected chi connectivity index (χ1v) is 7.80. The Morgan fingerprint density at radius 2 is 2.00 bits per heavy atom. The average molecular weight is 324 g/mol. The fourth-order valence-corrected chi connectivity index (χ4v) is 1.90. The van der Waals surface area contributed by atoms with E-state index in [-0.39, 0.29) is 0 Å². The highest BCUT2D eigenvalue weighted by atomic mass is 35.5. The maximum absolute atomic E-state index is 10.4. The van der Waals surface area contributed by atoms with Gasteiger partial charge in [0.25, 0.3) is 0 Å². The molecule has 0 saturated heterocycles. The molecule has 1 aromatic rings. The SMILES string of the molecule is NC(=O)/C=C/C=C/CCCCCCCOc1nccc(Cl)n1. The first kappa shape index (κ1) is 18.2. The number of allylic oxidation sites excluding steroid dienone is 3. The fraction of sp³-hybridized carbons (Fsp3) is 0.438. The van der Waals surface area contributed by atoms with Crippen molar-refractivity contribution in [2.24, 2.45) is 5.73 Å². The highest BCUT2D eigenvalue weighted by Crippen LogP contribution is 2.09. The minimum Gasteiger partial charge on any atom is -0.463 e. The van der Waals surface area contributed by atoms with Gasteiger partial charge in [0.05, 0.1) is 6.61 Å². The molecule has 1 amide bonds. The minimum absolute atomic E-state index is 0.335. The predicted molar refractivity (Wildman–Crippen MR) is 87.7 cm³/mol. The summed E-state index contributed by atoms with van der Waals surface area (Å²) in [5.41, 5.74) is 4.97. The van der Waals surface area contributed by atoms with E-state index in [9.17, 15) is 4.79 Å². The summed E-state index contributed by atoms with van der Waals surface area (Å²) in [6, 6.07) is 1.95. The molecular weight excluding hydrogens is 302 g/mol. The van der Waals surface area contributed by atoms with E-state index in [0.717, 1.165) is 25.7 Å². The van der Waals surface area contributed by atoms with Gasteiger partial charge in [0.2, 0.25) is 5.91 Å². The third kappa shape index (κ3) is 9.94. The van der Waals surface area contributed by atoms with Gasteiger partial charge in [-0.25, -0.2) is 4.98 Å². The van der Waals surface area contributed by atoms with Gasteiger partial charge in [0, 0.05) is 12.3 Å². The molecule has 0 aromatic carbocycles. The standard InChI is InChI=1S/C16H22ClN3O2/c17-14-11-12-19-16(20-14)22-13-9-7-5-3-1-2-4-6-8-10-15(18)21/h4,6,8,10-12H,1-3,5,7,9,13H2,(H2,18,21)/b6-4+,10-8+. The summed E-state index contributed by atoms with van der Waals surface area (Å²) >= 11 is 5.74. The Hall–Kier alpha value is -1.88. The Morgan fingerprint density at radius 3 is 2.77 bits per heavy atom. The third-order valence-corrected chi connectivity index (χ3v) is 3.06. The quantitative estimate of drug-likeness (QED) is 0.293. The maximum atomic E-state index is 10.4. The van der Waals surface area contributed by atoms with Crippen molar-refractivity contribution in [2.75, 3.05) is 6.61 Å². The van der Waals surface area contributed by atoms with Gasteiger partial charge in [-0.15, -0.1) is 0 Å². The van der Waals surface area contributed by atoms with Crippen LogP contribution in [0.4, 0.5) is 0 Å². The molecule has 0 radical (unpaired) electrons. The van der Waals surface area contributed by atoms with Gasteiger partial charge in [-0.05, 0) is 25.3 Å². The number of rotatable bonds is 11. The molecule has 0 bridgehead atoms. The van der Waals surface area contributed by atoms with Crippen LogP contribution >= 0.6 is 11.6 Å². The first-order valence-electron chi connectivity index (χ1n) is 7.42. The molecule has 1 rings (SSSR count). The lowest BCUT2D eigenvalue weighted by Gasteiger charge is -2.04. The van der Waals surface area contributed by atoms with Gasteiger partial charge in [-0.2, -0.15) is 4.98 Å². The van der Waals surface area contributed by atoms with Crippen LogP contribution in [0.15, 0.2) is 36.6 Å². The molecule has 2 N–H and O–H groups in total. The van der Waals surface area contributed by atoms with Crippen LogP contribution in [-0.4, -0.2) is 22.5 Å². The van der Waals surface area contributed by atoms with Crippen LogP contribution in [0.3, 0.4) is 0 Å². The molecule has 1 heterocycles. The lowest BCUT2D eigenvalue weighted by atomic mass is 10.1. The number of carbonyl (C=O) groups excluding carboxylic acids is 1. The van der Waals surface area contributed by atoms with Crippen LogP contribution in [0.5, 0.6) is 6.01 Å². The van der Waals surface area contributed by atoms with Crippen molar-refractivity contribution < 1.29 is 9.53 Å². The summed E-state index contributed by atoms with van der Waals surface area (Å²) in [4.78, 5) is 18.4. The zero-order chi connectivity index (χ0) is 16.0. The first-order chi connectivity index (χ1) is 10.7. The molecule has 5 nitrogen and oxygen atoms in total. The van der Waals surface area contributed by atoms with E-state index in [4.69, 9.17) is 22.1 Å². The summed E-state index contributed by atoms with van der Waals surface area (Å²) in [5.74, 6) is -0.421. The van der Waals surface area contributed by atoms with Gasteiger partial charge in [0.1, 0.15) is 5.15 Å². The molecule has 0 fully saturated rings. The van der Waals surface area contributed by atoms with Gasteiger partial charge in [0.15, 0.2) is 0 Å². The monoisotopic (exact) mass is 323 g/mol. The van der Waals surface area contributed by atoms with E-state index in [0.29, 0.717) is 17.8 Å². The van der Waals surface area contributed by atoms with E-state index in [1.165, 1.54) is 18.9 Å². The Balaban J connectivity index is 1.92. The molecule has 0 aliphatic rings. The second kappa shape index (κ2) is 11.7. The molecule has 1 aromatic heterocycles. The van der Waals surface area contributed by atoms with Crippen LogP contribution in [0.1, 0.15) is 38.5 Å². The molecule has 6 heteroatoms. The minimum atomic E-state index is -0.421. The normalized spacial score (nSPS) is 11.3. The fourth-order valence-electron chi connectivity index (χ4n) is 1.77. The van der Waals surface area contributed by atoms with Gasteiger partial charge >= 0.3 is 6.01 Å². The lowest BCUT2D eigenvalue weighted by Crippen LogP contribution is -2.04. The van der Waals surface area contributed by atoms with E-state index in [2.05, 4.69) is 9.97 Å². The molecule has 0 unspecified atom stereocenters. The summed E-state index contributed by atoms with van der Waals surface area (Å²) < 4.78 is 5.41. The molecule has 120 valence electrons. The number of hydrogen-bond donors (Lipinski definition) is 1. The maximum Gasteiger partial charge on any atom is 0.317 e. The van der Waals surface area contributed by atoms with Crippen LogP contribution in [0.25, 0.3) is 0 Å². The van der Waals surface area contributed by atoms with Crippen molar-refractivity contribution in [1.82, 2.24) is 9.97 Å². The largest absolute Gasteiger partial charge is 0.463 e. The molecule has 0 aliphatic carbocycles. The third-order valence-electron chi connectivity index (χ3n) is 2.85. The van der Waals surface area contributed by atoms with Crippen LogP contribution < -0.4 is 10.5 Å². The Kier molecular flexibility index (Phi) is 9.70. The van der Waals surface area contributed by atoms with Crippen molar-refractivity contribution in [3.05, 3.63) is 41.7 Å². The van der Waals surface area contributed by atoms with Crippen molar-refractivity contribution in [3.63, 3.8) is 0 Å². The smallest absolute Gasteiger partial charge is 0.317 e. The highest BCUT2D eigenvalue weighted by molar-refractivity contribution is 6.29. The van der Waals surface area contributed by atoms with Crippen molar-refractivity contribution in [1.29, 1.82) is 0 Å². The summed E-state index contributed by atoms with van der Waals surface area (Å²) in [6.45, 7) is 0.609. The second-order valence-electron chi connectivity index (χ2n) is 4.76. The van der Waals surface area contributed by atoms with E-state index in [1.54, 1.807) is 18.3 Å². The Morgan fingerprint density at radius 1 is 1.23 bits per heavy atom. The van der Waals surface area contributed by atoms with E-state index >= 15 is 0 Å². The van der Waals surface area contributed by atoms with E-state index in [1.807, 2.05) is 12.2 Å². The zero-order valence-electron chi connectivity index (χ0n) is 12.6. The summed E-state index contributed by atoms with van der Waals surface area (Å²) in [5, 5.41) is 0.392.